The first-order valence-electron chi connectivity index (χ1n) is 13.1. The van der Waals surface area contributed by atoms with E-state index in [0.717, 1.165) is 11.1 Å². The van der Waals surface area contributed by atoms with Gasteiger partial charge in [-0.2, -0.15) is 4.99 Å². The molecule has 3 aliphatic rings. The van der Waals surface area contributed by atoms with Crippen molar-refractivity contribution >= 4 is 29.3 Å². The predicted octanol–water partition coefficient (Wildman–Crippen LogP) is 5.17. The largest absolute Gasteiger partial charge is 0.349 e. The van der Waals surface area contributed by atoms with Gasteiger partial charge in [0.1, 0.15) is 17.1 Å². The van der Waals surface area contributed by atoms with Crippen molar-refractivity contribution in [3.8, 4) is 11.3 Å². The summed E-state index contributed by atoms with van der Waals surface area (Å²) in [5.74, 6) is -0.357. The van der Waals surface area contributed by atoms with Crippen molar-refractivity contribution in [2.24, 2.45) is 4.99 Å². The minimum Gasteiger partial charge on any atom is -0.349 e. The summed E-state index contributed by atoms with van der Waals surface area (Å²) >= 11 is 6.80. The van der Waals surface area contributed by atoms with Crippen molar-refractivity contribution in [1.29, 1.82) is 0 Å². The number of pyridine rings is 1. The predicted molar refractivity (Wildman–Crippen MR) is 149 cm³/mol. The standard InChI is InChI=1S/C31H28ClFN4O2/c1-4-26(38)36-16-19(3)37(17-18(36)2)29-22-15-24(32)27(21-10-6-8-12-25(21)33)34-28(22)31(30(39)35-29)14-13-20-9-5-7-11-23(20)31/h4-12,15,18-19H,1,13-14,16-17H2,2-3H3. The molecular formula is C31H28ClFN4O2. The molecule has 39 heavy (non-hydrogen) atoms. The van der Waals surface area contributed by atoms with E-state index in [1.54, 1.807) is 29.2 Å². The Balaban J connectivity index is 1.55. The number of halogens is 2. The van der Waals surface area contributed by atoms with Crippen LogP contribution in [0.4, 0.5) is 4.39 Å². The van der Waals surface area contributed by atoms with Crippen molar-refractivity contribution < 1.29 is 14.0 Å². The zero-order valence-electron chi connectivity index (χ0n) is 21.8. The van der Waals surface area contributed by atoms with Crippen LogP contribution < -0.4 is 0 Å². The normalized spacial score (nSPS) is 23.9. The van der Waals surface area contributed by atoms with Crippen LogP contribution in [0.5, 0.6) is 0 Å². The Morgan fingerprint density at radius 1 is 1.10 bits per heavy atom. The molecule has 3 unspecified atom stereocenters. The highest BCUT2D eigenvalue weighted by molar-refractivity contribution is 6.33. The number of benzene rings is 2. The highest BCUT2D eigenvalue weighted by Crippen LogP contribution is 2.49. The van der Waals surface area contributed by atoms with Crippen LogP contribution in [-0.4, -0.2) is 57.6 Å². The van der Waals surface area contributed by atoms with Crippen LogP contribution in [0.25, 0.3) is 11.3 Å². The second-order valence-corrected chi connectivity index (χ2v) is 11.0. The molecule has 3 heterocycles. The fourth-order valence-corrected chi connectivity index (χ4v) is 6.58. The fourth-order valence-electron chi connectivity index (χ4n) is 6.32. The van der Waals surface area contributed by atoms with Crippen LogP contribution in [0.15, 0.2) is 72.2 Å². The van der Waals surface area contributed by atoms with E-state index in [2.05, 4.69) is 11.5 Å². The van der Waals surface area contributed by atoms with Gasteiger partial charge in [-0.1, -0.05) is 54.6 Å². The van der Waals surface area contributed by atoms with Crippen LogP contribution in [-0.2, 0) is 21.4 Å². The van der Waals surface area contributed by atoms with Gasteiger partial charge in [0.05, 0.1) is 16.4 Å². The minimum absolute atomic E-state index is 0.126. The number of rotatable bonds is 2. The van der Waals surface area contributed by atoms with Gasteiger partial charge in [-0.05, 0) is 62.1 Å². The molecule has 198 valence electrons. The van der Waals surface area contributed by atoms with Gasteiger partial charge >= 0.3 is 0 Å². The number of piperazine rings is 1. The van der Waals surface area contributed by atoms with Crippen LogP contribution in [0.2, 0.25) is 5.02 Å². The Bertz CT molecular complexity index is 1570. The third kappa shape index (κ3) is 3.82. The van der Waals surface area contributed by atoms with Crippen molar-refractivity contribution in [2.75, 3.05) is 13.1 Å². The maximum absolute atomic E-state index is 14.9. The zero-order chi connectivity index (χ0) is 27.5. The molecule has 2 aliphatic heterocycles. The number of aliphatic imine (C=N–C) groups is 1. The number of hydrogen-bond donors (Lipinski definition) is 0. The highest BCUT2D eigenvalue weighted by Gasteiger charge is 2.53. The Labute approximate surface area is 231 Å². The SMILES string of the molecule is C=CC(=O)N1CC(C)N(C2=NC(=O)C3(CCc4ccccc43)c3nc(-c4ccccc4F)c(Cl)cc32)CC1C. The van der Waals surface area contributed by atoms with Gasteiger partial charge in [-0.15, -0.1) is 0 Å². The number of hydrogen-bond acceptors (Lipinski definition) is 4. The maximum atomic E-state index is 14.9. The van der Waals surface area contributed by atoms with Crippen LogP contribution >= 0.6 is 11.6 Å². The minimum atomic E-state index is -1.07. The topological polar surface area (TPSA) is 65.9 Å². The molecule has 6 rings (SSSR count). The van der Waals surface area contributed by atoms with E-state index < -0.39 is 11.2 Å². The number of amidine groups is 1. The third-order valence-corrected chi connectivity index (χ3v) is 8.57. The van der Waals surface area contributed by atoms with E-state index in [1.807, 2.05) is 38.1 Å². The Morgan fingerprint density at radius 3 is 2.62 bits per heavy atom. The zero-order valence-corrected chi connectivity index (χ0v) is 22.6. The number of aryl methyl sites for hydroxylation is 1. The van der Waals surface area contributed by atoms with Gasteiger partial charge in [-0.3, -0.25) is 9.59 Å². The number of fused-ring (bicyclic) bond motifs is 4. The first kappa shape index (κ1) is 25.4. The molecular weight excluding hydrogens is 515 g/mol. The van der Waals surface area contributed by atoms with Crippen molar-refractivity contribution in [3.63, 3.8) is 0 Å². The summed E-state index contributed by atoms with van der Waals surface area (Å²) in [6, 6.07) is 15.8. The van der Waals surface area contributed by atoms with Gasteiger partial charge in [-0.25, -0.2) is 9.37 Å². The van der Waals surface area contributed by atoms with E-state index in [-0.39, 0.29) is 34.5 Å². The quantitative estimate of drug-likeness (QED) is 0.419. The molecule has 1 aromatic heterocycles. The lowest BCUT2D eigenvalue weighted by Gasteiger charge is -2.46. The number of nitrogens with zero attached hydrogens (tertiary/aromatic N) is 4. The second-order valence-electron chi connectivity index (χ2n) is 10.5. The molecule has 1 saturated heterocycles. The van der Waals surface area contributed by atoms with Gasteiger partial charge in [0.2, 0.25) is 5.91 Å². The first-order valence-corrected chi connectivity index (χ1v) is 13.5. The van der Waals surface area contributed by atoms with E-state index in [9.17, 15) is 14.0 Å². The van der Waals surface area contributed by atoms with Crippen molar-refractivity contribution in [3.05, 3.63) is 100 Å². The summed E-state index contributed by atoms with van der Waals surface area (Å²) < 4.78 is 14.9. The molecule has 2 aromatic carbocycles. The third-order valence-electron chi connectivity index (χ3n) is 8.28. The monoisotopic (exact) mass is 542 g/mol. The Kier molecular flexibility index (Phi) is 6.14. The summed E-state index contributed by atoms with van der Waals surface area (Å²) in [6.07, 6.45) is 2.56. The van der Waals surface area contributed by atoms with Crippen molar-refractivity contribution in [2.45, 2.75) is 44.2 Å². The van der Waals surface area contributed by atoms with E-state index >= 15 is 0 Å². The molecule has 0 saturated carbocycles. The van der Waals surface area contributed by atoms with Gasteiger partial charge < -0.3 is 9.80 Å². The lowest BCUT2D eigenvalue weighted by molar-refractivity contribution is -0.131. The summed E-state index contributed by atoms with van der Waals surface area (Å²) in [4.78, 5) is 40.2. The second kappa shape index (κ2) is 9.42. The average molecular weight is 543 g/mol. The smallest absolute Gasteiger partial charge is 0.264 e. The molecule has 2 amide bonds. The number of aromatic nitrogens is 1. The van der Waals surface area contributed by atoms with E-state index in [4.69, 9.17) is 21.6 Å². The van der Waals surface area contributed by atoms with E-state index in [0.29, 0.717) is 48.7 Å². The molecule has 0 N–H and O–H groups in total. The molecule has 0 radical (unpaired) electrons. The number of carbonyl (C=O) groups excluding carboxylic acids is 2. The van der Waals surface area contributed by atoms with E-state index in [1.165, 1.54) is 12.1 Å². The number of amides is 2. The van der Waals surface area contributed by atoms with Gasteiger partial charge in [0.15, 0.2) is 0 Å². The lowest BCUT2D eigenvalue weighted by Crippen LogP contribution is -2.60. The fraction of sp³-hybridized carbons (Fsp3) is 0.290. The molecule has 3 aromatic rings. The maximum Gasteiger partial charge on any atom is 0.264 e. The molecule has 0 bridgehead atoms. The molecule has 1 aliphatic carbocycles. The highest BCUT2D eigenvalue weighted by atomic mass is 35.5. The summed E-state index contributed by atoms with van der Waals surface area (Å²) in [6.45, 7) is 8.53. The van der Waals surface area contributed by atoms with Crippen molar-refractivity contribution in [1.82, 2.24) is 14.8 Å². The molecule has 8 heteroatoms. The first-order chi connectivity index (χ1) is 18.8. The summed E-state index contributed by atoms with van der Waals surface area (Å²) in [7, 11) is 0. The number of carbonyl (C=O) groups is 2. The average Bonchev–Trinajstić information content (AvgIpc) is 3.32. The van der Waals surface area contributed by atoms with Gasteiger partial charge in [0.25, 0.3) is 5.91 Å². The molecule has 1 spiro atoms. The lowest BCUT2D eigenvalue weighted by atomic mass is 9.74. The summed E-state index contributed by atoms with van der Waals surface area (Å²) in [5, 5.41) is 0.281. The molecule has 1 fully saturated rings. The van der Waals surface area contributed by atoms with Crippen LogP contribution in [0, 0.1) is 5.82 Å². The van der Waals surface area contributed by atoms with Crippen LogP contribution in [0.1, 0.15) is 42.7 Å². The Hall–Kier alpha value is -3.84. The summed E-state index contributed by atoms with van der Waals surface area (Å²) in [5.41, 5.74) is 2.69. The molecule has 3 atom stereocenters. The molecule has 6 nitrogen and oxygen atoms in total. The Morgan fingerprint density at radius 2 is 1.85 bits per heavy atom. The van der Waals surface area contributed by atoms with Crippen LogP contribution in [0.3, 0.4) is 0 Å². The van der Waals surface area contributed by atoms with Gasteiger partial charge in [0, 0.05) is 36.3 Å².